The Morgan fingerprint density at radius 1 is 1.35 bits per heavy atom. The van der Waals surface area contributed by atoms with Crippen molar-refractivity contribution < 1.29 is 14.3 Å². The van der Waals surface area contributed by atoms with E-state index in [-0.39, 0.29) is 12.2 Å². The summed E-state index contributed by atoms with van der Waals surface area (Å²) in [6.07, 6.45) is 0. The zero-order chi connectivity index (χ0) is 12.9. The maximum Gasteiger partial charge on any atom is 0.333 e. The first kappa shape index (κ1) is 13.9. The van der Waals surface area contributed by atoms with E-state index in [1.54, 1.807) is 24.3 Å². The lowest BCUT2D eigenvalue weighted by molar-refractivity contribution is -0.140. The molecule has 1 rings (SSSR count). The molecule has 0 unspecified atom stereocenters. The molecule has 0 saturated carbocycles. The Balaban J connectivity index is 2.52. The molecular weight excluding hydrogens is 263 g/mol. The lowest BCUT2D eigenvalue weighted by Gasteiger charge is -2.20. The first-order valence-corrected chi connectivity index (χ1v) is 5.61. The van der Waals surface area contributed by atoms with Crippen LogP contribution >= 0.6 is 23.2 Å². The molecule has 0 aliphatic carbocycles. The van der Waals surface area contributed by atoms with Gasteiger partial charge in [0.15, 0.2) is 6.61 Å². The Hall–Kier alpha value is -1.19. The van der Waals surface area contributed by atoms with Gasteiger partial charge in [-0.25, -0.2) is 4.79 Å². The standard InChI is InChI=1S/C12H12Cl2O3/c1-9(2)11(15)16-8-12(13,14)17-10-6-4-3-5-7-10/h3-7H,1,8H2,2H3. The van der Waals surface area contributed by atoms with Gasteiger partial charge in [-0.05, 0) is 19.1 Å². The van der Waals surface area contributed by atoms with Crippen LogP contribution < -0.4 is 4.74 Å². The van der Waals surface area contributed by atoms with Crippen LogP contribution in [0.4, 0.5) is 0 Å². The van der Waals surface area contributed by atoms with Crippen LogP contribution in [-0.4, -0.2) is 17.1 Å². The SMILES string of the molecule is C=C(C)C(=O)OCC(Cl)(Cl)Oc1ccccc1. The highest BCUT2D eigenvalue weighted by atomic mass is 35.5. The zero-order valence-corrected chi connectivity index (χ0v) is 10.8. The van der Waals surface area contributed by atoms with Gasteiger partial charge in [0.2, 0.25) is 0 Å². The largest absolute Gasteiger partial charge is 0.455 e. The minimum absolute atomic E-state index is 0.272. The number of carbonyl (C=O) groups is 1. The molecule has 5 heteroatoms. The van der Waals surface area contributed by atoms with Crippen molar-refractivity contribution in [2.24, 2.45) is 0 Å². The Bertz CT molecular complexity index is 401. The highest BCUT2D eigenvalue weighted by Gasteiger charge is 2.28. The number of halogens is 2. The van der Waals surface area contributed by atoms with Crippen molar-refractivity contribution >= 4 is 29.2 Å². The van der Waals surface area contributed by atoms with Crippen LogP contribution in [0.5, 0.6) is 5.75 Å². The summed E-state index contributed by atoms with van der Waals surface area (Å²) in [5, 5.41) is 0. The molecular formula is C12H12Cl2O3. The van der Waals surface area contributed by atoms with E-state index in [1.807, 2.05) is 6.07 Å². The van der Waals surface area contributed by atoms with E-state index >= 15 is 0 Å². The number of hydrogen-bond acceptors (Lipinski definition) is 3. The van der Waals surface area contributed by atoms with Gasteiger partial charge in [-0.15, -0.1) is 0 Å². The molecule has 0 radical (unpaired) electrons. The van der Waals surface area contributed by atoms with Crippen LogP contribution in [0.2, 0.25) is 0 Å². The molecule has 0 aromatic heterocycles. The Kier molecular flexibility index (Phi) is 4.85. The fourth-order valence-corrected chi connectivity index (χ4v) is 1.25. The van der Waals surface area contributed by atoms with Crippen molar-refractivity contribution in [2.45, 2.75) is 11.4 Å². The molecule has 92 valence electrons. The third-order valence-electron chi connectivity index (χ3n) is 1.73. The summed E-state index contributed by atoms with van der Waals surface area (Å²) in [6, 6.07) is 8.77. The maximum absolute atomic E-state index is 11.1. The van der Waals surface area contributed by atoms with Gasteiger partial charge in [-0.2, -0.15) is 0 Å². The van der Waals surface area contributed by atoms with E-state index < -0.39 is 10.5 Å². The van der Waals surface area contributed by atoms with Crippen molar-refractivity contribution in [3.8, 4) is 5.75 Å². The number of carbonyl (C=O) groups excluding carboxylic acids is 1. The molecule has 1 aromatic rings. The normalized spacial score (nSPS) is 10.8. The average molecular weight is 275 g/mol. The molecule has 0 spiro atoms. The fraction of sp³-hybridized carbons (Fsp3) is 0.250. The second kappa shape index (κ2) is 5.94. The molecule has 0 heterocycles. The van der Waals surface area contributed by atoms with Crippen LogP contribution in [0, 0.1) is 0 Å². The van der Waals surface area contributed by atoms with Gasteiger partial charge in [0.1, 0.15) is 5.75 Å². The highest BCUT2D eigenvalue weighted by Crippen LogP contribution is 2.26. The van der Waals surface area contributed by atoms with E-state index in [0.29, 0.717) is 5.75 Å². The smallest absolute Gasteiger partial charge is 0.333 e. The molecule has 0 aliphatic rings. The molecule has 0 bridgehead atoms. The van der Waals surface area contributed by atoms with Gasteiger partial charge in [0, 0.05) is 5.57 Å². The number of para-hydroxylation sites is 1. The van der Waals surface area contributed by atoms with Crippen molar-refractivity contribution in [1.29, 1.82) is 0 Å². The molecule has 0 atom stereocenters. The monoisotopic (exact) mass is 274 g/mol. The van der Waals surface area contributed by atoms with Crippen molar-refractivity contribution in [3.05, 3.63) is 42.5 Å². The Morgan fingerprint density at radius 2 is 1.94 bits per heavy atom. The van der Waals surface area contributed by atoms with Crippen LogP contribution in [-0.2, 0) is 9.53 Å². The molecule has 0 fully saturated rings. The Labute approximate surface area is 110 Å². The molecule has 0 amide bonds. The number of esters is 1. The summed E-state index contributed by atoms with van der Waals surface area (Å²) in [5.41, 5.74) is 0.272. The van der Waals surface area contributed by atoms with Crippen LogP contribution in [0.3, 0.4) is 0 Å². The average Bonchev–Trinajstić information content (AvgIpc) is 2.26. The van der Waals surface area contributed by atoms with Gasteiger partial charge in [0.25, 0.3) is 4.52 Å². The molecule has 3 nitrogen and oxygen atoms in total. The summed E-state index contributed by atoms with van der Waals surface area (Å²) in [4.78, 5) is 11.1. The van der Waals surface area contributed by atoms with Crippen LogP contribution in [0.25, 0.3) is 0 Å². The van der Waals surface area contributed by atoms with E-state index in [4.69, 9.17) is 32.7 Å². The summed E-state index contributed by atoms with van der Waals surface area (Å²) < 4.78 is 8.45. The number of ether oxygens (including phenoxy) is 2. The predicted octanol–water partition coefficient (Wildman–Crippen LogP) is 3.32. The second-order valence-electron chi connectivity index (χ2n) is 3.41. The van der Waals surface area contributed by atoms with Crippen molar-refractivity contribution in [1.82, 2.24) is 0 Å². The second-order valence-corrected chi connectivity index (χ2v) is 4.82. The number of benzene rings is 1. The minimum atomic E-state index is -1.62. The lowest BCUT2D eigenvalue weighted by Crippen LogP contribution is -2.30. The number of alkyl halides is 2. The summed E-state index contributed by atoms with van der Waals surface area (Å²) in [7, 11) is 0. The van der Waals surface area contributed by atoms with Crippen LogP contribution in [0.1, 0.15) is 6.92 Å². The zero-order valence-electron chi connectivity index (χ0n) is 9.28. The first-order valence-electron chi connectivity index (χ1n) is 4.85. The van der Waals surface area contributed by atoms with Crippen LogP contribution in [0.15, 0.2) is 42.5 Å². The van der Waals surface area contributed by atoms with Gasteiger partial charge in [-0.3, -0.25) is 0 Å². The van der Waals surface area contributed by atoms with Crippen molar-refractivity contribution in [3.63, 3.8) is 0 Å². The van der Waals surface area contributed by atoms with Gasteiger partial charge in [-0.1, -0.05) is 48.0 Å². The van der Waals surface area contributed by atoms with Gasteiger partial charge in [0.05, 0.1) is 0 Å². The minimum Gasteiger partial charge on any atom is -0.455 e. The number of hydrogen-bond donors (Lipinski definition) is 0. The van der Waals surface area contributed by atoms with E-state index in [2.05, 4.69) is 6.58 Å². The molecule has 0 aliphatic heterocycles. The first-order chi connectivity index (χ1) is 7.91. The third kappa shape index (κ3) is 5.11. The van der Waals surface area contributed by atoms with E-state index in [0.717, 1.165) is 0 Å². The van der Waals surface area contributed by atoms with Gasteiger partial charge >= 0.3 is 5.97 Å². The summed E-state index contributed by atoms with van der Waals surface area (Å²) in [5.74, 6) is -0.0730. The molecule has 1 aromatic carbocycles. The topological polar surface area (TPSA) is 35.5 Å². The van der Waals surface area contributed by atoms with E-state index in [1.165, 1.54) is 6.92 Å². The fourth-order valence-electron chi connectivity index (χ4n) is 0.963. The maximum atomic E-state index is 11.1. The Morgan fingerprint density at radius 3 is 2.47 bits per heavy atom. The predicted molar refractivity (Wildman–Crippen MR) is 67.3 cm³/mol. The number of rotatable bonds is 5. The molecule has 17 heavy (non-hydrogen) atoms. The third-order valence-corrected chi connectivity index (χ3v) is 2.10. The molecule has 0 saturated heterocycles. The van der Waals surface area contributed by atoms with E-state index in [9.17, 15) is 4.79 Å². The summed E-state index contributed by atoms with van der Waals surface area (Å²) >= 11 is 11.7. The quantitative estimate of drug-likeness (QED) is 0.470. The van der Waals surface area contributed by atoms with Gasteiger partial charge < -0.3 is 9.47 Å². The highest BCUT2D eigenvalue weighted by molar-refractivity contribution is 6.47. The molecule has 0 N–H and O–H groups in total. The lowest BCUT2D eigenvalue weighted by atomic mass is 10.3. The summed E-state index contributed by atoms with van der Waals surface area (Å²) in [6.45, 7) is 4.69. The van der Waals surface area contributed by atoms with Crippen molar-refractivity contribution in [2.75, 3.05) is 6.61 Å².